The van der Waals surface area contributed by atoms with Crippen molar-refractivity contribution in [2.24, 2.45) is 0 Å². The van der Waals surface area contributed by atoms with Crippen molar-refractivity contribution in [3.63, 3.8) is 0 Å². The van der Waals surface area contributed by atoms with Gasteiger partial charge >= 0.3 is 12.0 Å². The van der Waals surface area contributed by atoms with Gasteiger partial charge in [-0.2, -0.15) is 0 Å². The molecule has 0 unspecified atom stereocenters. The maximum atomic E-state index is 12.0. The lowest BCUT2D eigenvalue weighted by Gasteiger charge is -2.42. The van der Waals surface area contributed by atoms with Crippen LogP contribution < -0.4 is 10.6 Å². The molecule has 0 aromatic carbocycles. The fourth-order valence-corrected chi connectivity index (χ4v) is 3.37. The Balaban J connectivity index is 1.76. The molecule has 1 aromatic rings. The molecule has 1 heterocycles. The summed E-state index contributed by atoms with van der Waals surface area (Å²) in [5.41, 5.74) is -0.0942. The quantitative estimate of drug-likeness (QED) is 0.719. The standard InChI is InChI=1S/C15H25N5O3S/c1-5-20(8-11(21)22)10-6-9(7-10)16-13(23)17-14-19-18-12(24-14)15(2,3)4/h9-10H,5-8H2,1-4H3,(H,21,22)(H2,16,17,19,23). The van der Waals surface area contributed by atoms with E-state index < -0.39 is 5.97 Å². The van der Waals surface area contributed by atoms with Gasteiger partial charge in [-0.25, -0.2) is 4.79 Å². The molecule has 0 bridgehead atoms. The van der Waals surface area contributed by atoms with Crippen LogP contribution in [0.15, 0.2) is 0 Å². The average molecular weight is 355 g/mol. The van der Waals surface area contributed by atoms with Gasteiger partial charge in [0.25, 0.3) is 0 Å². The lowest BCUT2D eigenvalue weighted by atomic mass is 9.85. The van der Waals surface area contributed by atoms with Crippen LogP contribution in [0.2, 0.25) is 0 Å². The monoisotopic (exact) mass is 355 g/mol. The normalized spacial score (nSPS) is 20.5. The minimum Gasteiger partial charge on any atom is -0.480 e. The molecule has 0 saturated heterocycles. The van der Waals surface area contributed by atoms with Crippen molar-refractivity contribution in [1.29, 1.82) is 0 Å². The predicted octanol–water partition coefficient (Wildman–Crippen LogP) is 1.89. The summed E-state index contributed by atoms with van der Waals surface area (Å²) in [6, 6.07) is -0.0189. The molecular formula is C15H25N5O3S. The molecule has 0 atom stereocenters. The number of anilines is 1. The zero-order valence-electron chi connectivity index (χ0n) is 14.5. The zero-order valence-corrected chi connectivity index (χ0v) is 15.3. The van der Waals surface area contributed by atoms with Crippen molar-refractivity contribution >= 4 is 28.5 Å². The first-order valence-electron chi connectivity index (χ1n) is 8.06. The van der Waals surface area contributed by atoms with Gasteiger partial charge in [-0.05, 0) is 19.4 Å². The molecule has 1 aromatic heterocycles. The van der Waals surface area contributed by atoms with Gasteiger partial charge in [0.2, 0.25) is 5.13 Å². The first-order valence-corrected chi connectivity index (χ1v) is 8.88. The number of rotatable bonds is 6. The predicted molar refractivity (Wildman–Crippen MR) is 92.5 cm³/mol. The zero-order chi connectivity index (χ0) is 17.9. The molecule has 9 heteroatoms. The highest BCUT2D eigenvalue weighted by Gasteiger charge is 2.34. The third-order valence-electron chi connectivity index (χ3n) is 4.00. The van der Waals surface area contributed by atoms with E-state index >= 15 is 0 Å². The number of likely N-dealkylation sites (N-methyl/N-ethyl adjacent to an activating group) is 1. The van der Waals surface area contributed by atoms with Gasteiger partial charge in [-0.3, -0.25) is 15.0 Å². The molecule has 134 valence electrons. The van der Waals surface area contributed by atoms with Crippen LogP contribution in [0.4, 0.5) is 9.93 Å². The van der Waals surface area contributed by atoms with Crippen molar-refractivity contribution < 1.29 is 14.7 Å². The van der Waals surface area contributed by atoms with E-state index in [0.717, 1.165) is 17.8 Å². The fraction of sp³-hybridized carbons (Fsp3) is 0.733. The van der Waals surface area contributed by atoms with Crippen LogP contribution in [-0.2, 0) is 10.2 Å². The smallest absolute Gasteiger partial charge is 0.321 e. The van der Waals surface area contributed by atoms with E-state index in [1.165, 1.54) is 11.3 Å². The third-order valence-corrected chi connectivity index (χ3v) is 5.26. The van der Waals surface area contributed by atoms with Crippen LogP contribution in [0.25, 0.3) is 0 Å². The van der Waals surface area contributed by atoms with Crippen LogP contribution in [0.3, 0.4) is 0 Å². The van der Waals surface area contributed by atoms with Crippen molar-refractivity contribution in [1.82, 2.24) is 20.4 Å². The fourth-order valence-electron chi connectivity index (χ4n) is 2.57. The highest BCUT2D eigenvalue weighted by Crippen LogP contribution is 2.28. The second-order valence-corrected chi connectivity index (χ2v) is 8.02. The Morgan fingerprint density at radius 3 is 2.50 bits per heavy atom. The Kier molecular flexibility index (Phi) is 5.76. The molecule has 0 aliphatic heterocycles. The Labute approximate surface area is 145 Å². The van der Waals surface area contributed by atoms with Crippen molar-refractivity contribution in [3.8, 4) is 0 Å². The summed E-state index contributed by atoms with van der Waals surface area (Å²) >= 11 is 1.37. The Hall–Kier alpha value is -1.74. The number of hydrogen-bond acceptors (Lipinski definition) is 6. The van der Waals surface area contributed by atoms with Gasteiger partial charge in [-0.15, -0.1) is 10.2 Å². The van der Waals surface area contributed by atoms with Crippen molar-refractivity contribution in [3.05, 3.63) is 5.01 Å². The number of urea groups is 1. The number of carbonyl (C=O) groups is 2. The largest absolute Gasteiger partial charge is 0.480 e. The summed E-state index contributed by atoms with van der Waals surface area (Å²) in [6.45, 7) is 8.81. The van der Waals surface area contributed by atoms with E-state index in [0.29, 0.717) is 11.7 Å². The molecule has 2 rings (SSSR count). The number of carboxylic acids is 1. The lowest BCUT2D eigenvalue weighted by Crippen LogP contribution is -2.55. The van der Waals surface area contributed by atoms with Gasteiger partial charge in [-0.1, -0.05) is 39.0 Å². The van der Waals surface area contributed by atoms with E-state index in [1.807, 2.05) is 32.6 Å². The highest BCUT2D eigenvalue weighted by atomic mass is 32.1. The van der Waals surface area contributed by atoms with E-state index in [1.54, 1.807) is 0 Å². The summed E-state index contributed by atoms with van der Waals surface area (Å²) in [5, 5.41) is 23.9. The summed E-state index contributed by atoms with van der Waals surface area (Å²) < 4.78 is 0. The number of carboxylic acid groups (broad SMARTS) is 1. The van der Waals surface area contributed by atoms with E-state index in [4.69, 9.17) is 5.11 Å². The second kappa shape index (κ2) is 7.43. The SMILES string of the molecule is CCN(CC(=O)O)C1CC(NC(=O)Nc2nnc(C(C)(C)C)s2)C1. The second-order valence-electron chi connectivity index (χ2n) is 7.04. The van der Waals surface area contributed by atoms with Crippen LogP contribution in [0.5, 0.6) is 0 Å². The van der Waals surface area contributed by atoms with Crippen LogP contribution >= 0.6 is 11.3 Å². The summed E-state index contributed by atoms with van der Waals surface area (Å²) in [6.07, 6.45) is 1.52. The number of nitrogens with zero attached hydrogens (tertiary/aromatic N) is 3. The number of aliphatic carboxylic acids is 1. The summed E-state index contributed by atoms with van der Waals surface area (Å²) in [7, 11) is 0. The first-order chi connectivity index (χ1) is 11.2. The molecule has 1 fully saturated rings. The molecule has 0 radical (unpaired) electrons. The molecule has 8 nitrogen and oxygen atoms in total. The van der Waals surface area contributed by atoms with Gasteiger partial charge in [0.1, 0.15) is 5.01 Å². The molecule has 1 saturated carbocycles. The minimum atomic E-state index is -0.822. The lowest BCUT2D eigenvalue weighted by molar-refractivity contribution is -0.139. The minimum absolute atomic E-state index is 0.0421. The Morgan fingerprint density at radius 1 is 1.33 bits per heavy atom. The van der Waals surface area contributed by atoms with Crippen LogP contribution in [0, 0.1) is 0 Å². The number of hydrogen-bond donors (Lipinski definition) is 3. The Morgan fingerprint density at radius 2 is 2.00 bits per heavy atom. The summed E-state index contributed by atoms with van der Waals surface area (Å²) in [4.78, 5) is 24.7. The molecule has 0 spiro atoms. The average Bonchev–Trinajstić information content (AvgIpc) is 2.88. The third kappa shape index (κ3) is 4.88. The maximum Gasteiger partial charge on any atom is 0.321 e. The molecule has 2 amide bonds. The van der Waals surface area contributed by atoms with Crippen molar-refractivity contribution in [2.75, 3.05) is 18.4 Å². The molecule has 1 aliphatic rings. The number of nitrogens with one attached hydrogen (secondary N) is 2. The van der Waals surface area contributed by atoms with E-state index in [9.17, 15) is 9.59 Å². The number of aromatic nitrogens is 2. The van der Waals surface area contributed by atoms with Crippen LogP contribution in [-0.4, -0.2) is 57.4 Å². The molecular weight excluding hydrogens is 330 g/mol. The van der Waals surface area contributed by atoms with Crippen LogP contribution in [0.1, 0.15) is 45.5 Å². The van der Waals surface area contributed by atoms with Gasteiger partial charge in [0, 0.05) is 17.5 Å². The highest BCUT2D eigenvalue weighted by molar-refractivity contribution is 7.15. The molecule has 1 aliphatic carbocycles. The van der Waals surface area contributed by atoms with E-state index in [2.05, 4.69) is 20.8 Å². The molecule has 24 heavy (non-hydrogen) atoms. The number of carbonyl (C=O) groups excluding carboxylic acids is 1. The van der Waals surface area contributed by atoms with Crippen molar-refractivity contribution in [2.45, 2.75) is 58.0 Å². The van der Waals surface area contributed by atoms with Gasteiger partial charge in [0.15, 0.2) is 0 Å². The summed E-state index contributed by atoms with van der Waals surface area (Å²) in [5.74, 6) is -0.822. The topological polar surface area (TPSA) is 107 Å². The number of amides is 2. The van der Waals surface area contributed by atoms with Gasteiger partial charge < -0.3 is 10.4 Å². The molecule has 3 N–H and O–H groups in total. The van der Waals surface area contributed by atoms with Gasteiger partial charge in [0.05, 0.1) is 6.54 Å². The maximum absolute atomic E-state index is 12.0. The Bertz CT molecular complexity index is 592. The van der Waals surface area contributed by atoms with E-state index in [-0.39, 0.29) is 30.1 Å². The first kappa shape index (κ1) is 18.6.